The number of para-hydroxylation sites is 2. The van der Waals surface area contributed by atoms with E-state index in [1.165, 1.54) is 61.8 Å². The third kappa shape index (κ3) is 4.61. The predicted molar refractivity (Wildman–Crippen MR) is 167 cm³/mol. The summed E-state index contributed by atoms with van der Waals surface area (Å²) in [5.41, 5.74) is 15.4. The Labute approximate surface area is 233 Å². The van der Waals surface area contributed by atoms with Crippen molar-refractivity contribution in [1.29, 1.82) is 0 Å². The minimum Gasteiger partial charge on any atom is -0.310 e. The van der Waals surface area contributed by atoms with Crippen LogP contribution in [0.15, 0.2) is 109 Å². The van der Waals surface area contributed by atoms with E-state index < -0.39 is 0 Å². The first-order valence-electron chi connectivity index (χ1n) is 14.1. The van der Waals surface area contributed by atoms with Crippen LogP contribution in [0.5, 0.6) is 0 Å². The van der Waals surface area contributed by atoms with Crippen LogP contribution in [-0.4, -0.2) is 0 Å². The maximum Gasteiger partial charge on any atom is 0.0497 e. The van der Waals surface area contributed by atoms with Gasteiger partial charge in [-0.05, 0) is 121 Å². The molecular weight excluding hydrogens is 472 g/mol. The average Bonchev–Trinajstić information content (AvgIpc) is 2.98. The van der Waals surface area contributed by atoms with Crippen molar-refractivity contribution in [2.45, 2.75) is 47.0 Å². The Morgan fingerprint density at radius 3 is 1.51 bits per heavy atom. The third-order valence-corrected chi connectivity index (χ3v) is 8.16. The van der Waals surface area contributed by atoms with Gasteiger partial charge in [-0.15, -0.1) is 0 Å². The first-order valence-corrected chi connectivity index (χ1v) is 14.1. The highest BCUT2D eigenvalue weighted by atomic mass is 15.2. The Bertz CT molecular complexity index is 1530. The van der Waals surface area contributed by atoms with Crippen molar-refractivity contribution in [1.82, 2.24) is 0 Å². The van der Waals surface area contributed by atoms with E-state index in [-0.39, 0.29) is 0 Å². The summed E-state index contributed by atoms with van der Waals surface area (Å²) >= 11 is 0. The molecule has 0 aliphatic carbocycles. The summed E-state index contributed by atoms with van der Waals surface area (Å²) in [6.07, 6.45) is 3.01. The standard InChI is InChI=1S/C37H36N2/c1-5-28-24-34(17-15-26(28)3)38(35-18-16-27(4)29(6-2)25-35)32-19-21-33(22-20-32)39-36-13-9-7-11-30(36)23-31-12-8-10-14-37(31)39/h7-22,24-25H,5-6,23H2,1-4H3. The number of hydrogen-bond donors (Lipinski definition) is 0. The lowest BCUT2D eigenvalue weighted by Crippen LogP contribution is -2.18. The molecular formula is C37H36N2. The van der Waals surface area contributed by atoms with Crippen molar-refractivity contribution >= 4 is 34.1 Å². The molecule has 0 N–H and O–H groups in total. The fourth-order valence-electron chi connectivity index (χ4n) is 5.92. The summed E-state index contributed by atoms with van der Waals surface area (Å²) in [6.45, 7) is 8.88. The van der Waals surface area contributed by atoms with Crippen molar-refractivity contribution in [3.05, 3.63) is 143 Å². The highest BCUT2D eigenvalue weighted by molar-refractivity contribution is 5.85. The number of hydrogen-bond acceptors (Lipinski definition) is 2. The predicted octanol–water partition coefficient (Wildman–Crippen LogP) is 10.3. The van der Waals surface area contributed by atoms with Gasteiger partial charge in [0.1, 0.15) is 0 Å². The second kappa shape index (κ2) is 10.5. The normalized spacial score (nSPS) is 12.2. The Balaban J connectivity index is 1.46. The molecule has 0 saturated heterocycles. The van der Waals surface area contributed by atoms with Gasteiger partial charge in [-0.25, -0.2) is 0 Å². The van der Waals surface area contributed by atoms with Gasteiger partial charge in [-0.2, -0.15) is 0 Å². The fraction of sp³-hybridized carbons (Fsp3) is 0.189. The lowest BCUT2D eigenvalue weighted by Gasteiger charge is -2.34. The zero-order chi connectivity index (χ0) is 26.9. The van der Waals surface area contributed by atoms with Crippen LogP contribution in [0.3, 0.4) is 0 Å². The van der Waals surface area contributed by atoms with Gasteiger partial charge in [0, 0.05) is 40.5 Å². The maximum atomic E-state index is 2.41. The second-order valence-corrected chi connectivity index (χ2v) is 10.6. The zero-order valence-corrected chi connectivity index (χ0v) is 23.4. The topological polar surface area (TPSA) is 6.48 Å². The SMILES string of the molecule is CCc1cc(N(c2ccc(N3c4ccccc4Cc4ccccc43)cc2)c2ccc(C)c(CC)c2)ccc1C. The summed E-state index contributed by atoms with van der Waals surface area (Å²) in [6, 6.07) is 40.3. The van der Waals surface area contributed by atoms with Crippen LogP contribution in [0.25, 0.3) is 0 Å². The van der Waals surface area contributed by atoms with Crippen molar-refractivity contribution in [2.24, 2.45) is 0 Å². The van der Waals surface area contributed by atoms with E-state index >= 15 is 0 Å². The maximum absolute atomic E-state index is 2.41. The fourth-order valence-corrected chi connectivity index (χ4v) is 5.92. The first-order chi connectivity index (χ1) is 19.1. The van der Waals surface area contributed by atoms with Gasteiger partial charge in [0.05, 0.1) is 0 Å². The molecule has 0 atom stereocenters. The van der Waals surface area contributed by atoms with Crippen molar-refractivity contribution in [3.63, 3.8) is 0 Å². The molecule has 1 aliphatic heterocycles. The Morgan fingerprint density at radius 1 is 0.564 bits per heavy atom. The second-order valence-electron chi connectivity index (χ2n) is 10.6. The van der Waals surface area contributed by atoms with E-state index in [1.54, 1.807) is 0 Å². The molecule has 1 heterocycles. The van der Waals surface area contributed by atoms with Crippen LogP contribution >= 0.6 is 0 Å². The summed E-state index contributed by atoms with van der Waals surface area (Å²) in [5.74, 6) is 0. The van der Waals surface area contributed by atoms with Crippen LogP contribution in [0.1, 0.15) is 47.2 Å². The van der Waals surface area contributed by atoms with Crippen molar-refractivity contribution in [2.75, 3.05) is 9.80 Å². The van der Waals surface area contributed by atoms with E-state index in [0.29, 0.717) is 0 Å². The summed E-state index contributed by atoms with van der Waals surface area (Å²) < 4.78 is 0. The lowest BCUT2D eigenvalue weighted by atomic mass is 9.95. The van der Waals surface area contributed by atoms with Gasteiger partial charge in [0.25, 0.3) is 0 Å². The molecule has 2 nitrogen and oxygen atoms in total. The third-order valence-electron chi connectivity index (χ3n) is 8.16. The number of fused-ring (bicyclic) bond motifs is 2. The zero-order valence-electron chi connectivity index (χ0n) is 23.4. The van der Waals surface area contributed by atoms with Gasteiger partial charge in [0.15, 0.2) is 0 Å². The molecule has 0 radical (unpaired) electrons. The Morgan fingerprint density at radius 2 is 1.03 bits per heavy atom. The van der Waals surface area contributed by atoms with Crippen LogP contribution in [0.2, 0.25) is 0 Å². The van der Waals surface area contributed by atoms with E-state index in [0.717, 1.165) is 24.9 Å². The van der Waals surface area contributed by atoms with Crippen molar-refractivity contribution < 1.29 is 0 Å². The monoisotopic (exact) mass is 508 g/mol. The number of nitrogens with zero attached hydrogens (tertiary/aromatic N) is 2. The number of aryl methyl sites for hydroxylation is 4. The summed E-state index contributed by atoms with van der Waals surface area (Å²) in [7, 11) is 0. The molecule has 0 saturated carbocycles. The Hall–Kier alpha value is -4.30. The Kier molecular flexibility index (Phi) is 6.70. The van der Waals surface area contributed by atoms with Crippen LogP contribution < -0.4 is 9.80 Å². The molecule has 5 aromatic carbocycles. The summed E-state index contributed by atoms with van der Waals surface area (Å²) in [4.78, 5) is 4.81. The van der Waals surface area contributed by atoms with E-state index in [1.807, 2.05) is 0 Å². The minimum atomic E-state index is 0.967. The summed E-state index contributed by atoms with van der Waals surface area (Å²) in [5, 5.41) is 0. The minimum absolute atomic E-state index is 0.967. The highest BCUT2D eigenvalue weighted by Crippen LogP contribution is 2.45. The highest BCUT2D eigenvalue weighted by Gasteiger charge is 2.24. The quantitative estimate of drug-likeness (QED) is 0.221. The number of rotatable bonds is 6. The van der Waals surface area contributed by atoms with Crippen LogP contribution in [-0.2, 0) is 19.3 Å². The molecule has 2 heteroatoms. The first kappa shape index (κ1) is 25.0. The van der Waals surface area contributed by atoms with Crippen LogP contribution in [0, 0.1) is 13.8 Å². The molecule has 0 bridgehead atoms. The van der Waals surface area contributed by atoms with E-state index in [9.17, 15) is 0 Å². The lowest BCUT2D eigenvalue weighted by molar-refractivity contribution is 1.08. The molecule has 1 aliphatic rings. The van der Waals surface area contributed by atoms with Gasteiger partial charge < -0.3 is 9.80 Å². The number of anilines is 6. The van der Waals surface area contributed by atoms with E-state index in [4.69, 9.17) is 0 Å². The molecule has 6 rings (SSSR count). The molecule has 0 spiro atoms. The van der Waals surface area contributed by atoms with Gasteiger partial charge in [-0.1, -0.05) is 62.4 Å². The molecule has 39 heavy (non-hydrogen) atoms. The molecule has 0 aromatic heterocycles. The molecule has 5 aromatic rings. The van der Waals surface area contributed by atoms with E-state index in [2.05, 4.69) is 147 Å². The molecule has 0 fully saturated rings. The van der Waals surface area contributed by atoms with Crippen LogP contribution in [0.4, 0.5) is 34.1 Å². The number of benzene rings is 5. The van der Waals surface area contributed by atoms with Gasteiger partial charge >= 0.3 is 0 Å². The molecule has 0 amide bonds. The van der Waals surface area contributed by atoms with Gasteiger partial charge in [-0.3, -0.25) is 0 Å². The molecule has 0 unspecified atom stereocenters. The van der Waals surface area contributed by atoms with Gasteiger partial charge in [0.2, 0.25) is 0 Å². The average molecular weight is 509 g/mol. The largest absolute Gasteiger partial charge is 0.310 e. The van der Waals surface area contributed by atoms with Crippen molar-refractivity contribution in [3.8, 4) is 0 Å². The molecule has 194 valence electrons. The smallest absolute Gasteiger partial charge is 0.0497 e.